The van der Waals surface area contributed by atoms with E-state index in [0.717, 1.165) is 31.7 Å². The lowest BCUT2D eigenvalue weighted by Crippen LogP contribution is -2.33. The van der Waals surface area contributed by atoms with Gasteiger partial charge in [0.15, 0.2) is 0 Å². The third-order valence-electron chi connectivity index (χ3n) is 4.84. The maximum absolute atomic E-state index is 11.9. The average molecular weight is 327 g/mol. The Balaban J connectivity index is 1.67. The van der Waals surface area contributed by atoms with Gasteiger partial charge in [-0.2, -0.15) is 4.98 Å². The molecule has 0 bridgehead atoms. The molecule has 128 valence electrons. The molecule has 4 N–H and O–H groups in total. The van der Waals surface area contributed by atoms with Gasteiger partial charge < -0.3 is 11.5 Å². The molecule has 2 atom stereocenters. The molecule has 0 amide bonds. The molecule has 3 rings (SSSR count). The molecule has 0 aliphatic carbocycles. The van der Waals surface area contributed by atoms with Crippen LogP contribution >= 0.6 is 0 Å². The van der Waals surface area contributed by atoms with Crippen molar-refractivity contribution in [2.75, 3.05) is 25.4 Å². The number of hydrogen-bond donors (Lipinski definition) is 2. The lowest BCUT2D eigenvalue weighted by molar-refractivity contribution is 0.248. The summed E-state index contributed by atoms with van der Waals surface area (Å²) in [4.78, 5) is 18.2. The second-order valence-electron chi connectivity index (χ2n) is 6.61. The highest BCUT2D eigenvalue weighted by Crippen LogP contribution is 2.20. The van der Waals surface area contributed by atoms with E-state index in [4.69, 9.17) is 11.5 Å². The summed E-state index contributed by atoms with van der Waals surface area (Å²) in [6, 6.07) is 10.2. The molecule has 6 heteroatoms. The van der Waals surface area contributed by atoms with Gasteiger partial charge in [0.2, 0.25) is 0 Å². The van der Waals surface area contributed by atoms with Crippen LogP contribution in [0, 0.1) is 5.92 Å². The highest BCUT2D eigenvalue weighted by atomic mass is 16.1. The summed E-state index contributed by atoms with van der Waals surface area (Å²) in [5.41, 5.74) is 13.0. The van der Waals surface area contributed by atoms with Crippen molar-refractivity contribution in [3.8, 4) is 5.69 Å². The number of rotatable bonds is 5. The van der Waals surface area contributed by atoms with Crippen LogP contribution in [0.5, 0.6) is 0 Å². The number of nitrogens with zero attached hydrogens (tertiary/aromatic N) is 3. The minimum absolute atomic E-state index is 0.239. The summed E-state index contributed by atoms with van der Waals surface area (Å²) >= 11 is 0. The van der Waals surface area contributed by atoms with Crippen molar-refractivity contribution in [1.29, 1.82) is 0 Å². The molecule has 0 spiro atoms. The maximum atomic E-state index is 11.9. The normalized spacial score (nSPS) is 19.5. The first-order valence-electron chi connectivity index (χ1n) is 8.45. The number of benzene rings is 1. The molecule has 24 heavy (non-hydrogen) atoms. The van der Waals surface area contributed by atoms with E-state index in [-0.39, 0.29) is 11.5 Å². The average Bonchev–Trinajstić information content (AvgIpc) is 3.05. The summed E-state index contributed by atoms with van der Waals surface area (Å²) in [7, 11) is 0. The van der Waals surface area contributed by atoms with E-state index in [1.54, 1.807) is 12.3 Å². The lowest BCUT2D eigenvalue weighted by atomic mass is 10.1. The summed E-state index contributed by atoms with van der Waals surface area (Å²) in [6.45, 7) is 5.28. The summed E-state index contributed by atoms with van der Waals surface area (Å²) in [5.74, 6) is 0.878. The van der Waals surface area contributed by atoms with Gasteiger partial charge in [-0.05, 0) is 62.5 Å². The maximum Gasteiger partial charge on any atom is 0.354 e. The Bertz CT molecular complexity index is 740. The highest BCUT2D eigenvalue weighted by Gasteiger charge is 2.24. The SMILES string of the molecule is CC(Cc1ccc(-n2ccc(N)nc2=O)cc1)N1CC[C@@H](CN)C1. The number of aromatic nitrogens is 2. The van der Waals surface area contributed by atoms with Crippen LogP contribution in [0.2, 0.25) is 0 Å². The number of nitrogens with two attached hydrogens (primary N) is 2. The zero-order valence-electron chi connectivity index (χ0n) is 14.1. The van der Waals surface area contributed by atoms with E-state index in [1.807, 2.05) is 12.1 Å². The van der Waals surface area contributed by atoms with E-state index >= 15 is 0 Å². The number of nitrogen functional groups attached to an aromatic ring is 1. The van der Waals surface area contributed by atoms with Crippen LogP contribution in [0.15, 0.2) is 41.3 Å². The van der Waals surface area contributed by atoms with Crippen LogP contribution in [0.3, 0.4) is 0 Å². The fourth-order valence-electron chi connectivity index (χ4n) is 3.33. The molecule has 1 saturated heterocycles. The van der Waals surface area contributed by atoms with Gasteiger partial charge in [0.1, 0.15) is 5.82 Å². The van der Waals surface area contributed by atoms with Crippen LogP contribution in [-0.2, 0) is 6.42 Å². The van der Waals surface area contributed by atoms with Gasteiger partial charge >= 0.3 is 5.69 Å². The van der Waals surface area contributed by atoms with E-state index in [1.165, 1.54) is 16.6 Å². The van der Waals surface area contributed by atoms with Gasteiger partial charge in [0.25, 0.3) is 0 Å². The predicted molar refractivity (Wildman–Crippen MR) is 96.1 cm³/mol. The molecule has 1 aromatic carbocycles. The van der Waals surface area contributed by atoms with Crippen LogP contribution in [0.1, 0.15) is 18.9 Å². The molecule has 2 heterocycles. The van der Waals surface area contributed by atoms with Gasteiger partial charge in [0, 0.05) is 18.8 Å². The van der Waals surface area contributed by atoms with Crippen molar-refractivity contribution < 1.29 is 0 Å². The number of anilines is 1. The highest BCUT2D eigenvalue weighted by molar-refractivity contribution is 5.36. The van der Waals surface area contributed by atoms with Crippen molar-refractivity contribution in [3.05, 3.63) is 52.6 Å². The summed E-state index contributed by atoms with van der Waals surface area (Å²) < 4.78 is 1.50. The molecule has 1 aromatic heterocycles. The van der Waals surface area contributed by atoms with Gasteiger partial charge in [0.05, 0.1) is 5.69 Å². The summed E-state index contributed by atoms with van der Waals surface area (Å²) in [6.07, 6.45) is 3.85. The third-order valence-corrected chi connectivity index (χ3v) is 4.84. The Hall–Kier alpha value is -2.18. The van der Waals surface area contributed by atoms with Crippen LogP contribution in [-0.4, -0.2) is 40.1 Å². The lowest BCUT2D eigenvalue weighted by Gasteiger charge is -2.24. The Labute approximate surface area is 142 Å². The Morgan fingerprint density at radius 3 is 2.67 bits per heavy atom. The number of likely N-dealkylation sites (tertiary alicyclic amines) is 1. The molecular weight excluding hydrogens is 302 g/mol. The fraction of sp³-hybridized carbons (Fsp3) is 0.444. The van der Waals surface area contributed by atoms with Crippen LogP contribution in [0.4, 0.5) is 5.82 Å². The van der Waals surface area contributed by atoms with E-state index in [2.05, 4.69) is 28.9 Å². The van der Waals surface area contributed by atoms with Crippen molar-refractivity contribution in [2.24, 2.45) is 11.7 Å². The first-order valence-corrected chi connectivity index (χ1v) is 8.45. The topological polar surface area (TPSA) is 90.2 Å². The monoisotopic (exact) mass is 327 g/mol. The second-order valence-corrected chi connectivity index (χ2v) is 6.61. The molecule has 0 saturated carbocycles. The molecular formula is C18H25N5O. The Morgan fingerprint density at radius 1 is 1.29 bits per heavy atom. The van der Waals surface area contributed by atoms with E-state index < -0.39 is 0 Å². The third kappa shape index (κ3) is 3.66. The fourth-order valence-corrected chi connectivity index (χ4v) is 3.33. The van der Waals surface area contributed by atoms with Crippen molar-refractivity contribution in [2.45, 2.75) is 25.8 Å². The molecule has 1 fully saturated rings. The summed E-state index contributed by atoms with van der Waals surface area (Å²) in [5, 5.41) is 0. The zero-order chi connectivity index (χ0) is 17.1. The zero-order valence-corrected chi connectivity index (χ0v) is 14.1. The minimum atomic E-state index is -0.360. The molecule has 1 aliphatic rings. The van der Waals surface area contributed by atoms with Crippen LogP contribution < -0.4 is 17.2 Å². The first-order chi connectivity index (χ1) is 11.6. The number of hydrogen-bond acceptors (Lipinski definition) is 5. The molecule has 1 unspecified atom stereocenters. The molecule has 1 aliphatic heterocycles. The van der Waals surface area contributed by atoms with Crippen molar-refractivity contribution >= 4 is 5.82 Å². The molecule has 6 nitrogen and oxygen atoms in total. The minimum Gasteiger partial charge on any atom is -0.383 e. The first kappa shape index (κ1) is 16.7. The van der Waals surface area contributed by atoms with Crippen molar-refractivity contribution in [1.82, 2.24) is 14.5 Å². The Morgan fingerprint density at radius 2 is 2.04 bits per heavy atom. The van der Waals surface area contributed by atoms with Crippen LogP contribution in [0.25, 0.3) is 5.69 Å². The largest absolute Gasteiger partial charge is 0.383 e. The van der Waals surface area contributed by atoms with Gasteiger partial charge in [-0.25, -0.2) is 4.79 Å². The molecule has 0 radical (unpaired) electrons. The second kappa shape index (κ2) is 7.15. The quantitative estimate of drug-likeness (QED) is 0.856. The van der Waals surface area contributed by atoms with Gasteiger partial charge in [-0.15, -0.1) is 0 Å². The van der Waals surface area contributed by atoms with Crippen molar-refractivity contribution in [3.63, 3.8) is 0 Å². The van der Waals surface area contributed by atoms with E-state index in [9.17, 15) is 4.79 Å². The van der Waals surface area contributed by atoms with Gasteiger partial charge in [-0.3, -0.25) is 9.47 Å². The standard InChI is InChI=1S/C18H25N5O/c1-13(22-8-6-15(11-19)12-22)10-14-2-4-16(5-3-14)23-9-7-17(20)21-18(23)24/h2-5,7,9,13,15H,6,8,10-12,19H2,1H3,(H2,20,21,24)/t13?,15-/m0/s1. The van der Waals surface area contributed by atoms with E-state index in [0.29, 0.717) is 12.0 Å². The predicted octanol–water partition coefficient (Wildman–Crippen LogP) is 1.03. The Kier molecular flexibility index (Phi) is 4.97. The smallest absolute Gasteiger partial charge is 0.354 e. The van der Waals surface area contributed by atoms with Gasteiger partial charge in [-0.1, -0.05) is 12.1 Å². The molecule has 2 aromatic rings.